The monoisotopic (exact) mass is 352 g/mol. The molecule has 0 aliphatic heterocycles. The minimum absolute atomic E-state index is 0.0123. The van der Waals surface area contributed by atoms with Crippen molar-refractivity contribution in [1.82, 2.24) is 0 Å². The van der Waals surface area contributed by atoms with Crippen LogP contribution >= 0.6 is 39.1 Å². The van der Waals surface area contributed by atoms with E-state index in [2.05, 4.69) is 22.9 Å². The van der Waals surface area contributed by atoms with Gasteiger partial charge in [-0.05, 0) is 18.6 Å². The van der Waals surface area contributed by atoms with Crippen molar-refractivity contribution in [2.75, 3.05) is 6.61 Å². The molecule has 0 amide bonds. The molecule has 0 spiro atoms. The van der Waals surface area contributed by atoms with Crippen LogP contribution in [0.25, 0.3) is 0 Å². The lowest BCUT2D eigenvalue weighted by Crippen LogP contribution is -2.52. The van der Waals surface area contributed by atoms with Crippen LogP contribution in [-0.4, -0.2) is 23.6 Å². The molecule has 2 rings (SSSR count). The van der Waals surface area contributed by atoms with Gasteiger partial charge in [0.05, 0.1) is 10.0 Å². The number of benzene rings is 1. The molecule has 1 saturated carbocycles. The van der Waals surface area contributed by atoms with Crippen LogP contribution in [0.4, 0.5) is 0 Å². The van der Waals surface area contributed by atoms with Gasteiger partial charge in [-0.1, -0.05) is 52.1 Å². The maximum absolute atomic E-state index is 6.08. The minimum atomic E-state index is 0.0123. The molecule has 5 heteroatoms. The van der Waals surface area contributed by atoms with Crippen LogP contribution in [-0.2, 0) is 4.74 Å². The van der Waals surface area contributed by atoms with Crippen molar-refractivity contribution in [2.45, 2.75) is 36.8 Å². The Balaban J connectivity index is 2.01. The van der Waals surface area contributed by atoms with E-state index in [1.54, 1.807) is 18.2 Å². The number of alkyl halides is 1. The molecule has 0 N–H and O–H groups in total. The summed E-state index contributed by atoms with van der Waals surface area (Å²) in [4.78, 5) is 0.343. The summed E-state index contributed by atoms with van der Waals surface area (Å²) in [6.45, 7) is 2.82. The summed E-state index contributed by atoms with van der Waals surface area (Å²) in [5, 5.41) is 1.07. The van der Waals surface area contributed by atoms with Gasteiger partial charge < -0.3 is 9.47 Å². The van der Waals surface area contributed by atoms with E-state index in [9.17, 15) is 0 Å². The van der Waals surface area contributed by atoms with Crippen molar-refractivity contribution in [3.8, 4) is 5.75 Å². The first kappa shape index (κ1) is 14.4. The van der Waals surface area contributed by atoms with Crippen molar-refractivity contribution >= 4 is 39.1 Å². The van der Waals surface area contributed by atoms with Gasteiger partial charge in [-0.2, -0.15) is 0 Å². The summed E-state index contributed by atoms with van der Waals surface area (Å²) in [5.41, 5.74) is 0. The van der Waals surface area contributed by atoms with Gasteiger partial charge in [-0.25, -0.2) is 0 Å². The van der Waals surface area contributed by atoms with E-state index in [1.165, 1.54) is 0 Å². The van der Waals surface area contributed by atoms with Crippen LogP contribution in [0.3, 0.4) is 0 Å². The van der Waals surface area contributed by atoms with Crippen LogP contribution in [0.1, 0.15) is 19.8 Å². The number of hydrogen-bond acceptors (Lipinski definition) is 2. The average molecular weight is 354 g/mol. The Morgan fingerprint density at radius 3 is 2.56 bits per heavy atom. The number of para-hydroxylation sites is 1. The first-order valence-electron chi connectivity index (χ1n) is 5.99. The van der Waals surface area contributed by atoms with Crippen LogP contribution in [0.2, 0.25) is 10.0 Å². The standard InChI is InChI=1S/C13H15BrCl2O2/c1-2-6-17-12-8(14)7-11(12)18-13-9(15)4-3-5-10(13)16/h3-5,8,11-12H,2,6-7H2,1H3. The van der Waals surface area contributed by atoms with E-state index >= 15 is 0 Å². The van der Waals surface area contributed by atoms with Crippen molar-refractivity contribution in [3.63, 3.8) is 0 Å². The lowest BCUT2D eigenvalue weighted by molar-refractivity contribution is -0.0761. The third-order valence-corrected chi connectivity index (χ3v) is 4.37. The predicted molar refractivity (Wildman–Crippen MR) is 78.2 cm³/mol. The molecule has 0 saturated heterocycles. The SMILES string of the molecule is CCCOC1C(Br)CC1Oc1c(Cl)cccc1Cl. The zero-order valence-corrected chi connectivity index (χ0v) is 13.1. The van der Waals surface area contributed by atoms with E-state index < -0.39 is 0 Å². The largest absolute Gasteiger partial charge is 0.484 e. The number of hydrogen-bond donors (Lipinski definition) is 0. The number of rotatable bonds is 5. The Morgan fingerprint density at radius 1 is 1.33 bits per heavy atom. The average Bonchev–Trinajstić information content (AvgIpc) is 2.33. The van der Waals surface area contributed by atoms with Crippen LogP contribution in [0.15, 0.2) is 18.2 Å². The Morgan fingerprint density at radius 2 is 2.00 bits per heavy atom. The first-order chi connectivity index (χ1) is 8.63. The fourth-order valence-corrected chi connectivity index (χ4v) is 3.20. The van der Waals surface area contributed by atoms with E-state index in [0.717, 1.165) is 19.4 Å². The third kappa shape index (κ3) is 3.13. The molecule has 0 heterocycles. The van der Waals surface area contributed by atoms with Gasteiger partial charge in [0.1, 0.15) is 12.2 Å². The van der Waals surface area contributed by atoms with Gasteiger partial charge in [0.2, 0.25) is 0 Å². The molecular weight excluding hydrogens is 339 g/mol. The molecule has 1 aromatic carbocycles. The lowest BCUT2D eigenvalue weighted by atomic mass is 9.91. The van der Waals surface area contributed by atoms with Crippen LogP contribution in [0.5, 0.6) is 5.75 Å². The summed E-state index contributed by atoms with van der Waals surface area (Å²) in [5.74, 6) is 0.551. The van der Waals surface area contributed by atoms with Crippen LogP contribution < -0.4 is 4.74 Å². The Kier molecular flexibility index (Phi) is 5.19. The third-order valence-electron chi connectivity index (χ3n) is 2.88. The molecule has 18 heavy (non-hydrogen) atoms. The van der Waals surface area contributed by atoms with E-state index in [0.29, 0.717) is 20.6 Å². The zero-order chi connectivity index (χ0) is 13.1. The quantitative estimate of drug-likeness (QED) is 0.714. The Labute approximate surface area is 126 Å². The molecule has 3 atom stereocenters. The number of halogens is 3. The zero-order valence-electron chi connectivity index (χ0n) is 10.0. The molecule has 1 aromatic rings. The van der Waals surface area contributed by atoms with Crippen molar-refractivity contribution in [2.24, 2.45) is 0 Å². The van der Waals surface area contributed by atoms with Gasteiger partial charge in [-0.3, -0.25) is 0 Å². The van der Waals surface area contributed by atoms with Gasteiger partial charge in [0.25, 0.3) is 0 Å². The van der Waals surface area contributed by atoms with Gasteiger partial charge in [-0.15, -0.1) is 0 Å². The Hall–Kier alpha value is 0.0400. The van der Waals surface area contributed by atoms with E-state index in [1.807, 2.05) is 0 Å². The molecule has 0 radical (unpaired) electrons. The second kappa shape index (κ2) is 6.47. The fraction of sp³-hybridized carbons (Fsp3) is 0.538. The second-order valence-electron chi connectivity index (χ2n) is 4.29. The highest BCUT2D eigenvalue weighted by Crippen LogP contribution is 2.39. The summed E-state index contributed by atoms with van der Waals surface area (Å²) in [6, 6.07) is 5.35. The first-order valence-corrected chi connectivity index (χ1v) is 7.67. The highest BCUT2D eigenvalue weighted by molar-refractivity contribution is 9.09. The summed E-state index contributed by atoms with van der Waals surface area (Å²) >= 11 is 15.7. The maximum atomic E-state index is 6.08. The van der Waals surface area contributed by atoms with E-state index in [-0.39, 0.29) is 12.2 Å². The minimum Gasteiger partial charge on any atom is -0.484 e. The molecule has 3 unspecified atom stereocenters. The molecule has 100 valence electrons. The van der Waals surface area contributed by atoms with Gasteiger partial charge in [0, 0.05) is 17.9 Å². The van der Waals surface area contributed by atoms with E-state index in [4.69, 9.17) is 32.7 Å². The van der Waals surface area contributed by atoms with Crippen molar-refractivity contribution in [1.29, 1.82) is 0 Å². The van der Waals surface area contributed by atoms with Crippen molar-refractivity contribution in [3.05, 3.63) is 28.2 Å². The molecule has 0 bridgehead atoms. The van der Waals surface area contributed by atoms with Gasteiger partial charge in [0.15, 0.2) is 5.75 Å². The maximum Gasteiger partial charge on any atom is 0.157 e. The van der Waals surface area contributed by atoms with Gasteiger partial charge >= 0.3 is 0 Å². The molecule has 1 aliphatic rings. The molecular formula is C13H15BrCl2O2. The smallest absolute Gasteiger partial charge is 0.157 e. The normalized spacial score (nSPS) is 26.8. The summed E-state index contributed by atoms with van der Waals surface area (Å²) in [7, 11) is 0. The molecule has 1 aliphatic carbocycles. The topological polar surface area (TPSA) is 18.5 Å². The summed E-state index contributed by atoms with van der Waals surface area (Å²) < 4.78 is 11.6. The molecule has 2 nitrogen and oxygen atoms in total. The molecule has 0 aromatic heterocycles. The highest BCUT2D eigenvalue weighted by atomic mass is 79.9. The number of ether oxygens (including phenoxy) is 2. The lowest BCUT2D eigenvalue weighted by Gasteiger charge is -2.41. The second-order valence-corrected chi connectivity index (χ2v) is 6.28. The van der Waals surface area contributed by atoms with Crippen molar-refractivity contribution < 1.29 is 9.47 Å². The fourth-order valence-electron chi connectivity index (χ4n) is 1.85. The highest BCUT2D eigenvalue weighted by Gasteiger charge is 2.42. The predicted octanol–water partition coefficient (Wildman–Crippen LogP) is 4.70. The van der Waals surface area contributed by atoms with Crippen LogP contribution in [0, 0.1) is 0 Å². The Bertz CT molecular complexity index is 394. The summed E-state index contributed by atoms with van der Waals surface area (Å²) in [6.07, 6.45) is 1.97. The molecule has 1 fully saturated rings.